The van der Waals surface area contributed by atoms with Crippen LogP contribution in [0.1, 0.15) is 122 Å². The fourth-order valence-electron chi connectivity index (χ4n) is 6.02. The SMILES string of the molecule is CCCCCC1(CCCCC)O[C@@H]2[C@@H](C=C(C(=O)NCCC(=O)N[C@H](CO)CCC(=O)OC(C)(C)C)C[C@H]2OC(=O)c2ccccc2I)O1. The van der Waals surface area contributed by atoms with E-state index in [9.17, 15) is 24.3 Å². The summed E-state index contributed by atoms with van der Waals surface area (Å²) in [5.41, 5.74) is 0.219. The van der Waals surface area contributed by atoms with E-state index in [1.54, 1.807) is 39.0 Å². The Morgan fingerprint density at radius 2 is 1.69 bits per heavy atom. The first kappa shape index (κ1) is 40.9. The normalized spacial score (nSPS) is 20.5. The third kappa shape index (κ3) is 13.3. The molecule has 4 atom stereocenters. The quantitative estimate of drug-likeness (QED) is 0.0885. The predicted molar refractivity (Wildman–Crippen MR) is 194 cm³/mol. The van der Waals surface area contributed by atoms with Crippen LogP contribution in [0.2, 0.25) is 0 Å². The molecule has 1 aromatic rings. The Bertz CT molecular complexity index is 1280. The van der Waals surface area contributed by atoms with Crippen molar-refractivity contribution in [1.82, 2.24) is 10.6 Å². The Balaban J connectivity index is 1.67. The summed E-state index contributed by atoms with van der Waals surface area (Å²) in [5, 5.41) is 15.2. The largest absolute Gasteiger partial charge is 0.460 e. The molecule has 0 spiro atoms. The molecule has 1 aromatic carbocycles. The fraction of sp³-hybridized carbons (Fsp3) is 0.676. The van der Waals surface area contributed by atoms with E-state index in [1.165, 1.54) is 0 Å². The van der Waals surface area contributed by atoms with Crippen LogP contribution in [0.15, 0.2) is 35.9 Å². The zero-order valence-corrected chi connectivity index (χ0v) is 31.8. The lowest BCUT2D eigenvalue weighted by atomic mass is 9.91. The van der Waals surface area contributed by atoms with Gasteiger partial charge in [-0.1, -0.05) is 51.7 Å². The number of benzene rings is 1. The summed E-state index contributed by atoms with van der Waals surface area (Å²) < 4.78 is 25.5. The smallest absolute Gasteiger partial charge is 0.339 e. The van der Waals surface area contributed by atoms with Crippen molar-refractivity contribution < 1.29 is 43.2 Å². The van der Waals surface area contributed by atoms with Crippen LogP contribution >= 0.6 is 22.6 Å². The van der Waals surface area contributed by atoms with Gasteiger partial charge in [0.2, 0.25) is 11.8 Å². The molecule has 3 N–H and O–H groups in total. The first-order valence-electron chi connectivity index (χ1n) is 17.7. The molecular weight excluding hydrogens is 743 g/mol. The van der Waals surface area contributed by atoms with Crippen molar-refractivity contribution in [2.45, 2.75) is 147 Å². The van der Waals surface area contributed by atoms with E-state index >= 15 is 0 Å². The number of ether oxygens (including phenoxy) is 4. The third-order valence-corrected chi connectivity index (χ3v) is 9.43. The molecule has 1 aliphatic heterocycles. The van der Waals surface area contributed by atoms with E-state index < -0.39 is 47.7 Å². The fourth-order valence-corrected chi connectivity index (χ4v) is 6.63. The van der Waals surface area contributed by atoms with Crippen LogP contribution in [-0.2, 0) is 33.3 Å². The lowest BCUT2D eigenvalue weighted by Crippen LogP contribution is -2.44. The second-order valence-electron chi connectivity index (χ2n) is 13.9. The number of halogens is 1. The van der Waals surface area contributed by atoms with Gasteiger partial charge in [-0.3, -0.25) is 14.4 Å². The van der Waals surface area contributed by atoms with Crippen LogP contribution in [0.4, 0.5) is 0 Å². The van der Waals surface area contributed by atoms with Crippen molar-refractivity contribution >= 4 is 46.3 Å². The topological polar surface area (TPSA) is 149 Å². The second-order valence-corrected chi connectivity index (χ2v) is 15.0. The number of nitrogens with one attached hydrogen (secondary N) is 2. The van der Waals surface area contributed by atoms with Gasteiger partial charge in [0, 0.05) is 47.8 Å². The Kier molecular flexibility index (Phi) is 16.5. The molecule has 2 amide bonds. The van der Waals surface area contributed by atoms with Crippen molar-refractivity contribution in [1.29, 1.82) is 0 Å². The van der Waals surface area contributed by atoms with Crippen molar-refractivity contribution in [2.24, 2.45) is 0 Å². The number of rotatable bonds is 19. The molecular formula is C37H55IN2O9. The molecule has 1 aliphatic carbocycles. The summed E-state index contributed by atoms with van der Waals surface area (Å²) in [6.07, 6.45) is 7.76. The van der Waals surface area contributed by atoms with Crippen molar-refractivity contribution in [3.05, 3.63) is 45.0 Å². The van der Waals surface area contributed by atoms with E-state index in [4.69, 9.17) is 18.9 Å². The Morgan fingerprint density at radius 1 is 1.02 bits per heavy atom. The number of esters is 2. The van der Waals surface area contributed by atoms with Gasteiger partial charge in [-0.05, 0) is 80.8 Å². The molecule has 1 saturated heterocycles. The van der Waals surface area contributed by atoms with E-state index in [0.29, 0.717) is 24.0 Å². The Morgan fingerprint density at radius 3 is 2.31 bits per heavy atom. The average Bonchev–Trinajstić information content (AvgIpc) is 3.41. The Labute approximate surface area is 304 Å². The van der Waals surface area contributed by atoms with E-state index in [0.717, 1.165) is 42.1 Å². The molecule has 0 radical (unpaired) electrons. The first-order valence-corrected chi connectivity index (χ1v) is 18.8. The van der Waals surface area contributed by atoms with Crippen LogP contribution < -0.4 is 10.6 Å². The molecule has 0 bridgehead atoms. The van der Waals surface area contributed by atoms with Gasteiger partial charge in [-0.25, -0.2) is 4.79 Å². The predicted octanol–water partition coefficient (Wildman–Crippen LogP) is 5.89. The molecule has 274 valence electrons. The molecule has 1 fully saturated rings. The number of unbranched alkanes of at least 4 members (excludes halogenated alkanes) is 4. The summed E-state index contributed by atoms with van der Waals surface area (Å²) in [6.45, 7) is 9.32. The number of carbonyl (C=O) groups excluding carboxylic acids is 4. The van der Waals surface area contributed by atoms with Crippen LogP contribution in [0.3, 0.4) is 0 Å². The molecule has 2 aliphatic rings. The van der Waals surface area contributed by atoms with Gasteiger partial charge in [0.05, 0.1) is 18.2 Å². The monoisotopic (exact) mass is 798 g/mol. The minimum absolute atomic E-state index is 0.0313. The van der Waals surface area contributed by atoms with E-state index in [1.807, 2.05) is 12.1 Å². The molecule has 0 saturated carbocycles. The summed E-state index contributed by atoms with van der Waals surface area (Å²) in [5.74, 6) is -2.48. The van der Waals surface area contributed by atoms with Gasteiger partial charge >= 0.3 is 11.9 Å². The lowest BCUT2D eigenvalue weighted by molar-refractivity contribution is -0.190. The highest BCUT2D eigenvalue weighted by molar-refractivity contribution is 14.1. The van der Waals surface area contributed by atoms with Crippen molar-refractivity contribution in [2.75, 3.05) is 13.2 Å². The summed E-state index contributed by atoms with van der Waals surface area (Å²) in [4.78, 5) is 51.4. The van der Waals surface area contributed by atoms with Gasteiger partial charge in [0.15, 0.2) is 5.79 Å². The zero-order chi connectivity index (χ0) is 36.0. The van der Waals surface area contributed by atoms with Gasteiger partial charge in [-0.2, -0.15) is 0 Å². The van der Waals surface area contributed by atoms with E-state index in [-0.39, 0.29) is 50.6 Å². The highest BCUT2D eigenvalue weighted by Crippen LogP contribution is 2.43. The summed E-state index contributed by atoms with van der Waals surface area (Å²) >= 11 is 2.10. The maximum Gasteiger partial charge on any atom is 0.339 e. The Hall–Kier alpha value is -2.55. The van der Waals surface area contributed by atoms with Gasteiger partial charge < -0.3 is 34.7 Å². The van der Waals surface area contributed by atoms with Crippen LogP contribution in [0.25, 0.3) is 0 Å². The minimum atomic E-state index is -0.821. The number of carbonyl (C=O) groups is 4. The number of amides is 2. The second kappa shape index (κ2) is 19.7. The van der Waals surface area contributed by atoms with Crippen molar-refractivity contribution in [3.63, 3.8) is 0 Å². The summed E-state index contributed by atoms with van der Waals surface area (Å²) in [7, 11) is 0. The molecule has 3 rings (SSSR count). The molecule has 12 heteroatoms. The zero-order valence-electron chi connectivity index (χ0n) is 29.7. The highest BCUT2D eigenvalue weighted by Gasteiger charge is 2.52. The number of hydrogen-bond donors (Lipinski definition) is 3. The number of aliphatic hydroxyl groups excluding tert-OH is 1. The van der Waals surface area contributed by atoms with Crippen LogP contribution in [0, 0.1) is 3.57 Å². The molecule has 11 nitrogen and oxygen atoms in total. The highest BCUT2D eigenvalue weighted by atomic mass is 127. The average molecular weight is 799 g/mol. The van der Waals surface area contributed by atoms with Crippen LogP contribution in [0.5, 0.6) is 0 Å². The summed E-state index contributed by atoms with van der Waals surface area (Å²) in [6, 6.07) is 6.56. The third-order valence-electron chi connectivity index (χ3n) is 8.48. The van der Waals surface area contributed by atoms with E-state index in [2.05, 4.69) is 47.1 Å². The molecule has 0 aromatic heterocycles. The lowest BCUT2D eigenvalue weighted by Gasteiger charge is -2.31. The van der Waals surface area contributed by atoms with Crippen molar-refractivity contribution in [3.8, 4) is 0 Å². The molecule has 1 heterocycles. The van der Waals surface area contributed by atoms with Gasteiger partial charge in [-0.15, -0.1) is 0 Å². The standard InChI is InChI=1S/C37H55IN2O9/c1-6-8-12-19-37(20-13-9-7-2)47-30-23-25(22-29(33(30)49-37)46-35(45)27-14-10-11-15-28(27)38)34(44)39-21-18-31(42)40-26(24-41)16-17-32(43)48-36(3,4)5/h10-11,14-15,23,26,29-30,33,41H,6-9,12-13,16-22,24H2,1-5H3,(H,39,44)(H,40,42)/t26-,29+,30+,33-/m0/s1. The molecule has 0 unspecified atom stereocenters. The molecule has 49 heavy (non-hydrogen) atoms. The first-order chi connectivity index (χ1) is 23.3. The maximum atomic E-state index is 13.4. The number of fused-ring (bicyclic) bond motifs is 1. The maximum absolute atomic E-state index is 13.4. The minimum Gasteiger partial charge on any atom is -0.460 e. The number of hydrogen-bond acceptors (Lipinski definition) is 9. The van der Waals surface area contributed by atoms with Gasteiger partial charge in [0.1, 0.15) is 23.9 Å². The van der Waals surface area contributed by atoms with Gasteiger partial charge in [0.25, 0.3) is 0 Å². The van der Waals surface area contributed by atoms with Crippen LogP contribution in [-0.4, -0.2) is 77.8 Å². The number of aliphatic hydroxyl groups is 1.